The number of imide groups is 1. The average molecular weight is 401 g/mol. The van der Waals surface area contributed by atoms with Crippen molar-refractivity contribution in [3.05, 3.63) is 87.7 Å². The number of para-hydroxylation sites is 1. The highest BCUT2D eigenvalue weighted by Gasteiger charge is 2.39. The number of benzene rings is 2. The van der Waals surface area contributed by atoms with E-state index in [1.165, 1.54) is 22.8 Å². The maximum atomic E-state index is 12.6. The molecule has 0 saturated heterocycles. The summed E-state index contributed by atoms with van der Waals surface area (Å²) in [5.74, 6) is -2.29. The molecule has 0 bridgehead atoms. The number of hydroxylamine groups is 2. The Morgan fingerprint density at radius 3 is 2.00 bits per heavy atom. The molecule has 0 unspecified atom stereocenters. The maximum absolute atomic E-state index is 12.6. The Kier molecular flexibility index (Phi) is 4.22. The molecule has 27 heavy (non-hydrogen) atoms. The number of hydrogen-bond acceptors (Lipinski definition) is 4. The second-order valence-electron chi connectivity index (χ2n) is 5.66. The molecule has 0 atom stereocenters. The highest BCUT2D eigenvalue weighted by Crippen LogP contribution is 2.30. The Balaban J connectivity index is 1.66. The molecule has 1 aromatic heterocycles. The molecule has 2 aromatic carbocycles. The lowest BCUT2D eigenvalue weighted by Gasteiger charge is -2.15. The van der Waals surface area contributed by atoms with E-state index in [0.29, 0.717) is 20.8 Å². The second kappa shape index (κ2) is 6.57. The molecule has 8 heteroatoms. The SMILES string of the molecule is O=C(ON1C(=O)c2ccccc2C1=O)c1cccn1-c1c(Cl)cccc1Cl. The van der Waals surface area contributed by atoms with E-state index >= 15 is 0 Å². The third kappa shape index (κ3) is 2.79. The first-order chi connectivity index (χ1) is 13.0. The summed E-state index contributed by atoms with van der Waals surface area (Å²) in [4.78, 5) is 42.4. The lowest BCUT2D eigenvalue weighted by molar-refractivity contribution is -0.0589. The fourth-order valence-electron chi connectivity index (χ4n) is 2.84. The molecule has 1 aliphatic heterocycles. The summed E-state index contributed by atoms with van der Waals surface area (Å²) in [6, 6.07) is 14.2. The highest BCUT2D eigenvalue weighted by atomic mass is 35.5. The molecule has 1 aliphatic rings. The number of carbonyl (C=O) groups is 3. The predicted octanol–water partition coefficient (Wildman–Crippen LogP) is 4.15. The van der Waals surface area contributed by atoms with Crippen LogP contribution in [0.25, 0.3) is 5.69 Å². The third-order valence-electron chi connectivity index (χ3n) is 4.07. The molecular weight excluding hydrogens is 391 g/mol. The minimum atomic E-state index is -0.898. The van der Waals surface area contributed by atoms with Crippen LogP contribution in [0.1, 0.15) is 31.2 Å². The van der Waals surface area contributed by atoms with Crippen LogP contribution in [0.15, 0.2) is 60.8 Å². The van der Waals surface area contributed by atoms with Gasteiger partial charge < -0.3 is 9.40 Å². The summed E-state index contributed by atoms with van der Waals surface area (Å²) >= 11 is 12.4. The van der Waals surface area contributed by atoms with Gasteiger partial charge in [0, 0.05) is 6.20 Å². The van der Waals surface area contributed by atoms with Crippen molar-refractivity contribution in [1.29, 1.82) is 0 Å². The fourth-order valence-corrected chi connectivity index (χ4v) is 3.42. The van der Waals surface area contributed by atoms with Crippen LogP contribution >= 0.6 is 23.2 Å². The van der Waals surface area contributed by atoms with Crippen molar-refractivity contribution in [3.8, 4) is 5.69 Å². The molecule has 0 radical (unpaired) electrons. The number of halogens is 2. The Morgan fingerprint density at radius 2 is 1.41 bits per heavy atom. The first-order valence-corrected chi connectivity index (χ1v) is 8.56. The predicted molar refractivity (Wildman–Crippen MR) is 98.1 cm³/mol. The number of fused-ring (bicyclic) bond motifs is 1. The standard InChI is InChI=1S/C19H10Cl2N2O4/c20-13-7-3-8-14(21)16(13)22-10-4-9-15(22)19(26)27-23-17(24)11-5-1-2-6-12(11)18(23)25/h1-10H. The zero-order valence-electron chi connectivity index (χ0n) is 13.6. The van der Waals surface area contributed by atoms with Crippen molar-refractivity contribution in [2.75, 3.05) is 0 Å². The van der Waals surface area contributed by atoms with Gasteiger partial charge in [-0.15, -0.1) is 0 Å². The second-order valence-corrected chi connectivity index (χ2v) is 6.48. The van der Waals surface area contributed by atoms with Gasteiger partial charge in [0.05, 0.1) is 26.9 Å². The van der Waals surface area contributed by atoms with Crippen LogP contribution in [0.4, 0.5) is 0 Å². The van der Waals surface area contributed by atoms with Crippen molar-refractivity contribution in [3.63, 3.8) is 0 Å². The molecule has 2 heterocycles. The first kappa shape index (κ1) is 17.3. The zero-order chi connectivity index (χ0) is 19.1. The Hall–Kier alpha value is -3.09. The number of rotatable bonds is 3. The van der Waals surface area contributed by atoms with Crippen molar-refractivity contribution >= 4 is 41.0 Å². The Bertz CT molecular complexity index is 1050. The summed E-state index contributed by atoms with van der Waals surface area (Å²) < 4.78 is 1.44. The third-order valence-corrected chi connectivity index (χ3v) is 4.68. The van der Waals surface area contributed by atoms with Gasteiger partial charge in [-0.05, 0) is 36.4 Å². The van der Waals surface area contributed by atoms with Crippen molar-refractivity contribution in [1.82, 2.24) is 9.63 Å². The van der Waals surface area contributed by atoms with Gasteiger partial charge in [0.15, 0.2) is 0 Å². The molecule has 0 aliphatic carbocycles. The zero-order valence-corrected chi connectivity index (χ0v) is 15.1. The fraction of sp³-hybridized carbons (Fsp3) is 0. The van der Waals surface area contributed by atoms with Gasteiger partial charge in [-0.2, -0.15) is 0 Å². The summed E-state index contributed by atoms with van der Waals surface area (Å²) in [6.45, 7) is 0. The topological polar surface area (TPSA) is 68.6 Å². The van der Waals surface area contributed by atoms with Gasteiger partial charge in [0.1, 0.15) is 5.69 Å². The molecular formula is C19H10Cl2N2O4. The molecule has 4 rings (SSSR count). The van der Waals surface area contributed by atoms with Crippen LogP contribution in [-0.4, -0.2) is 27.4 Å². The highest BCUT2D eigenvalue weighted by molar-refractivity contribution is 6.37. The quantitative estimate of drug-likeness (QED) is 0.619. The number of carbonyl (C=O) groups excluding carboxylic acids is 3. The summed E-state index contributed by atoms with van der Waals surface area (Å²) in [5, 5.41) is 1.11. The van der Waals surface area contributed by atoms with E-state index in [-0.39, 0.29) is 16.8 Å². The van der Waals surface area contributed by atoms with Crippen LogP contribution < -0.4 is 0 Å². The smallest absolute Gasteiger partial charge is 0.323 e. The molecule has 3 aromatic rings. The minimum absolute atomic E-state index is 0.0570. The van der Waals surface area contributed by atoms with E-state index in [2.05, 4.69) is 0 Å². The molecule has 0 N–H and O–H groups in total. The molecule has 6 nitrogen and oxygen atoms in total. The van der Waals surface area contributed by atoms with Crippen LogP contribution in [-0.2, 0) is 4.84 Å². The van der Waals surface area contributed by atoms with Crippen LogP contribution in [0, 0.1) is 0 Å². The molecule has 0 fully saturated rings. The summed E-state index contributed by atoms with van der Waals surface area (Å²) in [7, 11) is 0. The van der Waals surface area contributed by atoms with E-state index in [1.54, 1.807) is 42.6 Å². The summed E-state index contributed by atoms with van der Waals surface area (Å²) in [5.41, 5.74) is 0.807. The van der Waals surface area contributed by atoms with Gasteiger partial charge in [-0.3, -0.25) is 9.59 Å². The number of hydrogen-bond donors (Lipinski definition) is 0. The van der Waals surface area contributed by atoms with Gasteiger partial charge in [-0.1, -0.05) is 46.5 Å². The lowest BCUT2D eigenvalue weighted by atomic mass is 10.1. The van der Waals surface area contributed by atoms with E-state index in [9.17, 15) is 14.4 Å². The molecule has 0 saturated carbocycles. The van der Waals surface area contributed by atoms with E-state index in [0.717, 1.165) is 0 Å². The van der Waals surface area contributed by atoms with Crippen LogP contribution in [0.3, 0.4) is 0 Å². The Labute approximate surface area is 163 Å². The van der Waals surface area contributed by atoms with Crippen LogP contribution in [0.2, 0.25) is 10.0 Å². The average Bonchev–Trinajstić information content (AvgIpc) is 3.22. The van der Waals surface area contributed by atoms with Crippen molar-refractivity contribution in [2.24, 2.45) is 0 Å². The van der Waals surface area contributed by atoms with Crippen LogP contribution in [0.5, 0.6) is 0 Å². The van der Waals surface area contributed by atoms with Crippen molar-refractivity contribution in [2.45, 2.75) is 0 Å². The number of amides is 2. The molecule has 134 valence electrons. The minimum Gasteiger partial charge on any atom is -0.323 e. The monoisotopic (exact) mass is 400 g/mol. The van der Waals surface area contributed by atoms with E-state index in [4.69, 9.17) is 28.0 Å². The maximum Gasteiger partial charge on any atom is 0.380 e. The number of nitrogens with zero attached hydrogens (tertiary/aromatic N) is 2. The van der Waals surface area contributed by atoms with Gasteiger partial charge in [0.25, 0.3) is 11.8 Å². The van der Waals surface area contributed by atoms with E-state index in [1.807, 2.05) is 0 Å². The van der Waals surface area contributed by atoms with Gasteiger partial charge >= 0.3 is 5.97 Å². The molecule has 2 amide bonds. The van der Waals surface area contributed by atoms with Crippen molar-refractivity contribution < 1.29 is 19.2 Å². The summed E-state index contributed by atoms with van der Waals surface area (Å²) in [6.07, 6.45) is 1.58. The van der Waals surface area contributed by atoms with Gasteiger partial charge in [0.2, 0.25) is 0 Å². The normalized spacial score (nSPS) is 13.0. The first-order valence-electron chi connectivity index (χ1n) is 7.81. The van der Waals surface area contributed by atoms with Gasteiger partial charge in [-0.25, -0.2) is 4.79 Å². The molecule has 0 spiro atoms. The lowest BCUT2D eigenvalue weighted by Crippen LogP contribution is -2.33. The largest absolute Gasteiger partial charge is 0.380 e. The number of aromatic nitrogens is 1. The van der Waals surface area contributed by atoms with E-state index < -0.39 is 17.8 Å². The Morgan fingerprint density at radius 1 is 0.815 bits per heavy atom.